The van der Waals surface area contributed by atoms with E-state index in [9.17, 15) is 4.79 Å². The maximum absolute atomic E-state index is 10.7. The second-order valence-electron chi connectivity index (χ2n) is 4.54. The number of hydrogen-bond acceptors (Lipinski definition) is 3. The van der Waals surface area contributed by atoms with Crippen molar-refractivity contribution in [2.75, 3.05) is 0 Å². The molecule has 0 aliphatic heterocycles. The van der Waals surface area contributed by atoms with Gasteiger partial charge in [-0.1, -0.05) is 6.08 Å². The van der Waals surface area contributed by atoms with E-state index in [0.29, 0.717) is 0 Å². The largest absolute Gasteiger partial charge is 0.458 e. The second-order valence-corrected chi connectivity index (χ2v) is 9.00. The molecule has 0 aromatic carbocycles. The third kappa shape index (κ3) is 4.06. The fourth-order valence-electron chi connectivity index (χ4n) is 1.48. The van der Waals surface area contributed by atoms with Crippen LogP contribution in [0.15, 0.2) is 12.2 Å². The highest BCUT2D eigenvalue weighted by Crippen LogP contribution is 2.20. The maximum Gasteiger partial charge on any atom is 0.303 e. The van der Waals surface area contributed by atoms with Crippen LogP contribution in [0.2, 0.25) is 19.6 Å². The average Bonchev–Trinajstić information content (AvgIpc) is 2.30. The van der Waals surface area contributed by atoms with Crippen LogP contribution in [0.1, 0.15) is 13.3 Å². The van der Waals surface area contributed by atoms with Crippen LogP contribution in [0.4, 0.5) is 0 Å². The van der Waals surface area contributed by atoms with Gasteiger partial charge in [0.15, 0.2) is 8.32 Å². The normalized spacial score (nSPS) is 26.6. The maximum atomic E-state index is 10.7. The highest BCUT2D eigenvalue weighted by molar-refractivity contribution is 6.69. The lowest BCUT2D eigenvalue weighted by Crippen LogP contribution is -2.31. The van der Waals surface area contributed by atoms with Crippen LogP contribution in [-0.2, 0) is 14.0 Å². The van der Waals surface area contributed by atoms with Gasteiger partial charge in [-0.15, -0.1) is 0 Å². The minimum absolute atomic E-state index is 0.0890. The van der Waals surface area contributed by atoms with E-state index in [1.165, 1.54) is 6.92 Å². The summed E-state index contributed by atoms with van der Waals surface area (Å²) in [6, 6.07) is 0. The van der Waals surface area contributed by atoms with E-state index in [-0.39, 0.29) is 18.2 Å². The molecule has 0 bridgehead atoms. The number of hydrogen-bond donors (Lipinski definition) is 0. The van der Waals surface area contributed by atoms with Gasteiger partial charge in [0.2, 0.25) is 0 Å². The van der Waals surface area contributed by atoms with E-state index in [4.69, 9.17) is 9.16 Å². The summed E-state index contributed by atoms with van der Waals surface area (Å²) < 4.78 is 10.9. The second kappa shape index (κ2) is 4.27. The Morgan fingerprint density at radius 2 is 1.86 bits per heavy atom. The first-order chi connectivity index (χ1) is 6.37. The number of rotatable bonds is 3. The van der Waals surface area contributed by atoms with Gasteiger partial charge in [0.05, 0.1) is 6.10 Å². The molecule has 0 aromatic rings. The summed E-state index contributed by atoms with van der Waals surface area (Å²) in [5.74, 6) is -0.228. The predicted molar refractivity (Wildman–Crippen MR) is 57.5 cm³/mol. The SMILES string of the molecule is CC(=O)O[C@@H]1C=C[C@H](O[Si](C)(C)C)C1. The Morgan fingerprint density at radius 3 is 2.36 bits per heavy atom. The van der Waals surface area contributed by atoms with E-state index < -0.39 is 8.32 Å². The summed E-state index contributed by atoms with van der Waals surface area (Å²) in [4.78, 5) is 10.7. The van der Waals surface area contributed by atoms with Crippen molar-refractivity contribution in [1.29, 1.82) is 0 Å². The van der Waals surface area contributed by atoms with Gasteiger partial charge in [0.25, 0.3) is 0 Å². The lowest BCUT2D eigenvalue weighted by Gasteiger charge is -2.22. The molecule has 1 aliphatic carbocycles. The van der Waals surface area contributed by atoms with E-state index >= 15 is 0 Å². The fraction of sp³-hybridized carbons (Fsp3) is 0.700. The summed E-state index contributed by atoms with van der Waals surface area (Å²) in [5.41, 5.74) is 0. The molecule has 4 heteroatoms. The van der Waals surface area contributed by atoms with Crippen LogP contribution < -0.4 is 0 Å². The van der Waals surface area contributed by atoms with Crippen molar-refractivity contribution in [1.82, 2.24) is 0 Å². The number of ether oxygens (including phenoxy) is 1. The molecule has 0 amide bonds. The van der Waals surface area contributed by atoms with E-state index in [1.54, 1.807) is 0 Å². The van der Waals surface area contributed by atoms with Crippen molar-refractivity contribution in [3.05, 3.63) is 12.2 Å². The van der Waals surface area contributed by atoms with Gasteiger partial charge >= 0.3 is 5.97 Å². The van der Waals surface area contributed by atoms with Gasteiger partial charge in [-0.25, -0.2) is 0 Å². The Labute approximate surface area is 86.2 Å². The first-order valence-corrected chi connectivity index (χ1v) is 8.31. The standard InChI is InChI=1S/C10H18O3Si/c1-8(11)12-9-5-6-10(7-9)13-14(2,3)4/h5-6,9-10H,7H2,1-4H3/t9-,10+/m1/s1. The lowest BCUT2D eigenvalue weighted by atomic mass is 10.3. The molecule has 0 N–H and O–H groups in total. The Hall–Kier alpha value is -0.613. The van der Waals surface area contributed by atoms with Crippen molar-refractivity contribution in [2.24, 2.45) is 0 Å². The third-order valence-electron chi connectivity index (χ3n) is 1.83. The van der Waals surface area contributed by atoms with E-state index in [2.05, 4.69) is 19.6 Å². The van der Waals surface area contributed by atoms with Crippen LogP contribution >= 0.6 is 0 Å². The van der Waals surface area contributed by atoms with Crippen molar-refractivity contribution >= 4 is 14.3 Å². The molecule has 0 spiro atoms. The highest BCUT2D eigenvalue weighted by Gasteiger charge is 2.26. The minimum Gasteiger partial charge on any atom is -0.458 e. The van der Waals surface area contributed by atoms with Crippen LogP contribution in [0.5, 0.6) is 0 Å². The molecule has 0 fully saturated rings. The smallest absolute Gasteiger partial charge is 0.303 e. The molecule has 0 saturated carbocycles. The quantitative estimate of drug-likeness (QED) is 0.410. The molecule has 1 rings (SSSR count). The number of carbonyl (C=O) groups excluding carboxylic acids is 1. The summed E-state index contributed by atoms with van der Waals surface area (Å²) in [7, 11) is -1.48. The van der Waals surface area contributed by atoms with Crippen LogP contribution in [-0.4, -0.2) is 26.5 Å². The fourth-order valence-corrected chi connectivity index (χ4v) is 2.56. The molecule has 2 atom stereocenters. The summed E-state index contributed by atoms with van der Waals surface area (Å²) >= 11 is 0. The minimum atomic E-state index is -1.48. The van der Waals surface area contributed by atoms with Gasteiger partial charge in [0, 0.05) is 13.3 Å². The topological polar surface area (TPSA) is 35.5 Å². The molecule has 80 valence electrons. The van der Waals surface area contributed by atoms with E-state index in [1.807, 2.05) is 12.2 Å². The highest BCUT2D eigenvalue weighted by atomic mass is 28.4. The molecule has 3 nitrogen and oxygen atoms in total. The Bertz CT molecular complexity index is 242. The number of carbonyl (C=O) groups is 1. The van der Waals surface area contributed by atoms with Crippen molar-refractivity contribution in [3.63, 3.8) is 0 Å². The van der Waals surface area contributed by atoms with Crippen LogP contribution in [0.25, 0.3) is 0 Å². The summed E-state index contributed by atoms with van der Waals surface area (Å²) in [5, 5.41) is 0. The van der Waals surface area contributed by atoms with Crippen molar-refractivity contribution in [3.8, 4) is 0 Å². The molecule has 0 unspecified atom stereocenters. The molecular weight excluding hydrogens is 196 g/mol. The van der Waals surface area contributed by atoms with E-state index in [0.717, 1.165) is 6.42 Å². The Kier molecular flexibility index (Phi) is 3.50. The van der Waals surface area contributed by atoms with Crippen molar-refractivity contribution in [2.45, 2.75) is 45.2 Å². The van der Waals surface area contributed by atoms with Crippen molar-refractivity contribution < 1.29 is 14.0 Å². The zero-order chi connectivity index (χ0) is 10.8. The summed E-state index contributed by atoms with van der Waals surface area (Å²) in [6.45, 7) is 7.89. The van der Waals surface area contributed by atoms with Gasteiger partial charge in [-0.3, -0.25) is 4.79 Å². The molecule has 0 heterocycles. The van der Waals surface area contributed by atoms with Crippen LogP contribution in [0.3, 0.4) is 0 Å². The Morgan fingerprint density at radius 1 is 1.29 bits per heavy atom. The van der Waals surface area contributed by atoms with Gasteiger partial charge in [-0.05, 0) is 25.7 Å². The molecule has 0 radical (unpaired) electrons. The average molecular weight is 214 g/mol. The first-order valence-electron chi connectivity index (χ1n) is 4.90. The lowest BCUT2D eigenvalue weighted by molar-refractivity contribution is -0.144. The monoisotopic (exact) mass is 214 g/mol. The first kappa shape index (κ1) is 11.5. The van der Waals surface area contributed by atoms with Gasteiger partial charge in [0.1, 0.15) is 6.10 Å². The van der Waals surface area contributed by atoms with Gasteiger partial charge < -0.3 is 9.16 Å². The van der Waals surface area contributed by atoms with Gasteiger partial charge in [-0.2, -0.15) is 0 Å². The molecule has 1 aliphatic rings. The molecule has 14 heavy (non-hydrogen) atoms. The molecule has 0 saturated heterocycles. The number of esters is 1. The zero-order valence-electron chi connectivity index (χ0n) is 9.24. The zero-order valence-corrected chi connectivity index (χ0v) is 10.2. The summed E-state index contributed by atoms with van der Waals surface area (Å²) in [6.07, 6.45) is 4.71. The molecule has 0 aromatic heterocycles. The predicted octanol–water partition coefficient (Wildman–Crippen LogP) is 2.10. The van der Waals surface area contributed by atoms with Crippen LogP contribution in [0, 0.1) is 0 Å². The third-order valence-corrected chi connectivity index (χ3v) is 2.84. The molecular formula is C10H18O3Si. The Balaban J connectivity index is 2.36.